The molecular weight excluding hydrogens is 241 g/mol. The smallest absolute Gasteiger partial charge is 0.0796 e. The fourth-order valence-corrected chi connectivity index (χ4v) is 2.38. The van der Waals surface area contributed by atoms with E-state index in [1.165, 1.54) is 0 Å². The van der Waals surface area contributed by atoms with Crippen LogP contribution in [0.25, 0.3) is 21.7 Å². The van der Waals surface area contributed by atoms with Crippen LogP contribution in [0, 0.1) is 0 Å². The molecule has 3 rings (SSSR count). The summed E-state index contributed by atoms with van der Waals surface area (Å²) in [7, 11) is 0. The molecule has 0 radical (unpaired) electrons. The Morgan fingerprint density at radius 3 is 2.38 bits per heavy atom. The predicted molar refractivity (Wildman–Crippen MR) is 69.3 cm³/mol. The van der Waals surface area contributed by atoms with Crippen molar-refractivity contribution in [3.8, 4) is 0 Å². The number of hydrogen-bond donors (Lipinski definition) is 0. The standard InChI is InChI=1S/C13H7Cl2N/c14-11-5-6-16-13-9-4-2-1-3-8(9)12(15)7-10(11)13/h1-7H. The Bertz CT molecular complexity index is 687. The summed E-state index contributed by atoms with van der Waals surface area (Å²) in [5.41, 5.74) is 0.896. The molecule has 3 aromatic rings. The van der Waals surface area contributed by atoms with Gasteiger partial charge in [0.1, 0.15) is 0 Å². The van der Waals surface area contributed by atoms with Gasteiger partial charge in [0.15, 0.2) is 0 Å². The minimum absolute atomic E-state index is 0.678. The van der Waals surface area contributed by atoms with Crippen molar-refractivity contribution in [3.63, 3.8) is 0 Å². The Morgan fingerprint density at radius 1 is 0.812 bits per heavy atom. The lowest BCUT2D eigenvalue weighted by Gasteiger charge is -2.06. The van der Waals surface area contributed by atoms with Crippen LogP contribution in [0.3, 0.4) is 0 Å². The lowest BCUT2D eigenvalue weighted by atomic mass is 10.1. The summed E-state index contributed by atoms with van der Waals surface area (Å²) in [6, 6.07) is 11.6. The molecule has 3 heteroatoms. The van der Waals surface area contributed by atoms with Crippen LogP contribution in [-0.4, -0.2) is 4.98 Å². The van der Waals surface area contributed by atoms with Crippen molar-refractivity contribution < 1.29 is 0 Å². The molecule has 1 nitrogen and oxygen atoms in total. The maximum atomic E-state index is 6.22. The Balaban J connectivity index is 2.64. The second-order valence-electron chi connectivity index (χ2n) is 3.59. The van der Waals surface area contributed by atoms with Gasteiger partial charge in [-0.3, -0.25) is 4.98 Å². The summed E-state index contributed by atoms with van der Waals surface area (Å²) >= 11 is 12.4. The van der Waals surface area contributed by atoms with Crippen molar-refractivity contribution >= 4 is 44.9 Å². The number of benzene rings is 2. The first kappa shape index (κ1) is 9.88. The molecule has 0 aliphatic carbocycles. The van der Waals surface area contributed by atoms with E-state index in [1.807, 2.05) is 30.3 Å². The Kier molecular flexibility index (Phi) is 2.23. The third-order valence-corrected chi connectivity index (χ3v) is 3.29. The zero-order valence-corrected chi connectivity index (χ0v) is 9.76. The molecule has 0 bridgehead atoms. The highest BCUT2D eigenvalue weighted by Crippen LogP contribution is 2.33. The van der Waals surface area contributed by atoms with E-state index < -0.39 is 0 Å². The molecule has 78 valence electrons. The highest BCUT2D eigenvalue weighted by Gasteiger charge is 2.07. The number of aromatic nitrogens is 1. The summed E-state index contributed by atoms with van der Waals surface area (Å²) in [4.78, 5) is 4.37. The summed E-state index contributed by atoms with van der Waals surface area (Å²) in [6.45, 7) is 0. The van der Waals surface area contributed by atoms with Crippen molar-refractivity contribution in [3.05, 3.63) is 52.6 Å². The summed E-state index contributed by atoms with van der Waals surface area (Å²) in [5.74, 6) is 0. The van der Waals surface area contributed by atoms with Gasteiger partial charge in [0.25, 0.3) is 0 Å². The molecule has 0 aliphatic rings. The summed E-state index contributed by atoms with van der Waals surface area (Å²) < 4.78 is 0. The number of nitrogens with zero attached hydrogens (tertiary/aromatic N) is 1. The highest BCUT2D eigenvalue weighted by molar-refractivity contribution is 6.40. The van der Waals surface area contributed by atoms with Gasteiger partial charge in [-0.15, -0.1) is 0 Å². The SMILES string of the molecule is Clc1cc2c(Cl)ccnc2c2ccccc12. The minimum Gasteiger partial charge on any atom is -0.255 e. The van der Waals surface area contributed by atoms with E-state index in [9.17, 15) is 0 Å². The van der Waals surface area contributed by atoms with Crippen LogP contribution < -0.4 is 0 Å². The first-order chi connectivity index (χ1) is 7.77. The van der Waals surface area contributed by atoms with Gasteiger partial charge < -0.3 is 0 Å². The van der Waals surface area contributed by atoms with E-state index in [-0.39, 0.29) is 0 Å². The van der Waals surface area contributed by atoms with Gasteiger partial charge in [-0.05, 0) is 12.1 Å². The molecule has 16 heavy (non-hydrogen) atoms. The largest absolute Gasteiger partial charge is 0.255 e. The van der Waals surface area contributed by atoms with E-state index in [0.717, 1.165) is 21.7 Å². The lowest BCUT2D eigenvalue weighted by Crippen LogP contribution is -1.83. The van der Waals surface area contributed by atoms with Crippen molar-refractivity contribution in [2.75, 3.05) is 0 Å². The Morgan fingerprint density at radius 2 is 1.56 bits per heavy atom. The average Bonchev–Trinajstić information content (AvgIpc) is 2.31. The molecule has 0 spiro atoms. The first-order valence-corrected chi connectivity index (χ1v) is 5.64. The zero-order chi connectivity index (χ0) is 11.1. The predicted octanol–water partition coefficient (Wildman–Crippen LogP) is 4.69. The van der Waals surface area contributed by atoms with Gasteiger partial charge in [0, 0.05) is 27.4 Å². The molecule has 0 fully saturated rings. The van der Waals surface area contributed by atoms with Gasteiger partial charge in [-0.25, -0.2) is 0 Å². The number of rotatable bonds is 0. The fraction of sp³-hybridized carbons (Fsp3) is 0. The van der Waals surface area contributed by atoms with Gasteiger partial charge in [0.2, 0.25) is 0 Å². The first-order valence-electron chi connectivity index (χ1n) is 4.89. The molecular formula is C13H7Cl2N. The van der Waals surface area contributed by atoms with Crippen LogP contribution in [0.4, 0.5) is 0 Å². The maximum absolute atomic E-state index is 6.22. The van der Waals surface area contributed by atoms with Gasteiger partial charge >= 0.3 is 0 Å². The normalized spacial score (nSPS) is 11.1. The quantitative estimate of drug-likeness (QED) is 0.525. The minimum atomic E-state index is 0.678. The number of pyridine rings is 1. The zero-order valence-electron chi connectivity index (χ0n) is 8.24. The van der Waals surface area contributed by atoms with E-state index in [4.69, 9.17) is 23.2 Å². The van der Waals surface area contributed by atoms with E-state index in [0.29, 0.717) is 10.0 Å². The monoisotopic (exact) mass is 247 g/mol. The summed E-state index contributed by atoms with van der Waals surface area (Å²) in [5, 5.41) is 4.32. The van der Waals surface area contributed by atoms with E-state index >= 15 is 0 Å². The van der Waals surface area contributed by atoms with Crippen molar-refractivity contribution in [1.82, 2.24) is 4.98 Å². The number of halogens is 2. The summed E-state index contributed by atoms with van der Waals surface area (Å²) in [6.07, 6.45) is 1.71. The van der Waals surface area contributed by atoms with Crippen LogP contribution in [0.1, 0.15) is 0 Å². The van der Waals surface area contributed by atoms with Crippen LogP contribution in [0.15, 0.2) is 42.6 Å². The third-order valence-electron chi connectivity index (χ3n) is 2.65. The molecule has 1 heterocycles. The topological polar surface area (TPSA) is 12.9 Å². The van der Waals surface area contributed by atoms with Crippen LogP contribution in [0.2, 0.25) is 10.0 Å². The Hall–Kier alpha value is -1.31. The molecule has 1 aromatic heterocycles. The van der Waals surface area contributed by atoms with Crippen molar-refractivity contribution in [2.45, 2.75) is 0 Å². The van der Waals surface area contributed by atoms with Crippen LogP contribution in [-0.2, 0) is 0 Å². The molecule has 0 atom stereocenters. The Labute approximate surface area is 103 Å². The second-order valence-corrected chi connectivity index (χ2v) is 4.41. The lowest BCUT2D eigenvalue weighted by molar-refractivity contribution is 1.43. The van der Waals surface area contributed by atoms with Gasteiger partial charge in [-0.2, -0.15) is 0 Å². The number of fused-ring (bicyclic) bond motifs is 3. The number of hydrogen-bond acceptors (Lipinski definition) is 1. The van der Waals surface area contributed by atoms with Crippen molar-refractivity contribution in [1.29, 1.82) is 0 Å². The van der Waals surface area contributed by atoms with Crippen molar-refractivity contribution in [2.24, 2.45) is 0 Å². The third kappa shape index (κ3) is 1.36. The molecule has 0 N–H and O–H groups in total. The molecule has 2 aromatic carbocycles. The molecule has 0 saturated carbocycles. The van der Waals surface area contributed by atoms with Crippen LogP contribution in [0.5, 0.6) is 0 Å². The maximum Gasteiger partial charge on any atom is 0.0796 e. The molecule has 0 amide bonds. The fourth-order valence-electron chi connectivity index (χ4n) is 1.90. The van der Waals surface area contributed by atoms with E-state index in [1.54, 1.807) is 12.3 Å². The van der Waals surface area contributed by atoms with Gasteiger partial charge in [-0.1, -0.05) is 47.5 Å². The molecule has 0 unspecified atom stereocenters. The second kappa shape index (κ2) is 3.62. The average molecular weight is 248 g/mol. The molecule has 0 aliphatic heterocycles. The van der Waals surface area contributed by atoms with Crippen LogP contribution >= 0.6 is 23.2 Å². The van der Waals surface area contributed by atoms with Gasteiger partial charge in [0.05, 0.1) is 10.5 Å². The molecule has 0 saturated heterocycles. The van der Waals surface area contributed by atoms with E-state index in [2.05, 4.69) is 4.98 Å². The highest BCUT2D eigenvalue weighted by atomic mass is 35.5.